The van der Waals surface area contributed by atoms with E-state index in [2.05, 4.69) is 14.1 Å². The molecule has 236 valence electrons. The number of carbonyl (C=O) groups is 1. The van der Waals surface area contributed by atoms with E-state index in [0.717, 1.165) is 45.7 Å². The Morgan fingerprint density at radius 3 is 2.21 bits per heavy atom. The van der Waals surface area contributed by atoms with Crippen molar-refractivity contribution in [2.45, 2.75) is 43.1 Å². The van der Waals surface area contributed by atoms with Gasteiger partial charge in [0.25, 0.3) is 5.92 Å². The topological polar surface area (TPSA) is 148 Å². The molecule has 43 heavy (non-hydrogen) atoms. The number of hydrogen-bond acceptors (Lipinski definition) is 10. The van der Waals surface area contributed by atoms with Crippen LogP contribution in [-0.2, 0) is 27.3 Å². The smallest absolute Gasteiger partial charge is 0.480 e. The molecule has 1 aromatic heterocycles. The number of nitrogens with zero attached hydrogens (tertiary/aromatic N) is 4. The Kier molecular flexibility index (Phi) is 10.9. The van der Waals surface area contributed by atoms with Gasteiger partial charge in [-0.25, -0.2) is 17.2 Å². The number of ether oxygens (including phenoxy) is 2. The van der Waals surface area contributed by atoms with Crippen LogP contribution in [0.2, 0.25) is 0 Å². The fourth-order valence-corrected chi connectivity index (χ4v) is 6.12. The average Bonchev–Trinajstić information content (AvgIpc) is 3.46. The molecule has 0 amide bonds. The molecule has 1 fully saturated rings. The summed E-state index contributed by atoms with van der Waals surface area (Å²) in [6.45, 7) is 1.62. The van der Waals surface area contributed by atoms with Crippen LogP contribution in [0.15, 0.2) is 53.4 Å². The number of anilines is 1. The van der Waals surface area contributed by atoms with Gasteiger partial charge < -0.3 is 25.2 Å². The predicted molar refractivity (Wildman–Crippen MR) is 146 cm³/mol. The first kappa shape index (κ1) is 33.9. The molecule has 0 aliphatic carbocycles. The zero-order valence-corrected chi connectivity index (χ0v) is 24.4. The van der Waals surface area contributed by atoms with Crippen LogP contribution in [-0.4, -0.2) is 72.3 Å². The second kappa shape index (κ2) is 13.8. The number of alkyl halides is 5. The normalized spacial score (nSPS) is 16.3. The summed E-state index contributed by atoms with van der Waals surface area (Å²) in [5.41, 5.74) is 6.29. The highest BCUT2D eigenvalue weighted by molar-refractivity contribution is 7.89. The molecule has 2 aromatic carbocycles. The molecule has 1 aliphatic rings. The Labute approximate surface area is 247 Å². The molecule has 4 rings (SSSR count). The van der Waals surface area contributed by atoms with E-state index in [4.69, 9.17) is 10.5 Å². The Hall–Kier alpha value is -3.61. The third-order valence-electron chi connectivity index (χ3n) is 6.19. The number of nitrogens with two attached hydrogens (primary N) is 1. The van der Waals surface area contributed by atoms with Gasteiger partial charge in [0.05, 0.1) is 12.0 Å². The van der Waals surface area contributed by atoms with Crippen molar-refractivity contribution in [1.29, 1.82) is 0 Å². The summed E-state index contributed by atoms with van der Waals surface area (Å²) >= 11 is 0.979. The largest absolute Gasteiger partial charge is 0.573 e. The van der Waals surface area contributed by atoms with Crippen LogP contribution in [0.1, 0.15) is 24.5 Å². The van der Waals surface area contributed by atoms with E-state index in [0.29, 0.717) is 11.7 Å². The van der Waals surface area contributed by atoms with Crippen LogP contribution >= 0.6 is 11.5 Å². The number of aromatic nitrogens is 2. The van der Waals surface area contributed by atoms with Gasteiger partial charge in [0.1, 0.15) is 11.8 Å². The molecule has 0 spiro atoms. The summed E-state index contributed by atoms with van der Waals surface area (Å²) in [5, 5.41) is 9.95. The molecule has 0 radical (unpaired) electrons. The first-order valence-corrected chi connectivity index (χ1v) is 14.7. The van der Waals surface area contributed by atoms with E-state index in [1.165, 1.54) is 26.2 Å². The zero-order valence-electron chi connectivity index (χ0n) is 22.8. The second-order valence-corrected chi connectivity index (χ2v) is 11.6. The first-order valence-electron chi connectivity index (χ1n) is 12.5. The lowest BCUT2D eigenvalue weighted by atomic mass is 10.0. The summed E-state index contributed by atoms with van der Waals surface area (Å²) < 4.78 is 102. The van der Waals surface area contributed by atoms with E-state index in [1.54, 1.807) is 17.0 Å². The van der Waals surface area contributed by atoms with Crippen LogP contribution in [0.4, 0.5) is 27.1 Å². The zero-order chi connectivity index (χ0) is 32.0. The van der Waals surface area contributed by atoms with Crippen molar-refractivity contribution in [3.8, 4) is 11.8 Å². The summed E-state index contributed by atoms with van der Waals surface area (Å²) in [5.74, 6) is -4.68. The van der Waals surface area contributed by atoms with Crippen LogP contribution in [0.3, 0.4) is 0 Å². The maximum atomic E-state index is 13.1. The number of carboxylic acid groups (broad SMARTS) is 1. The van der Waals surface area contributed by atoms with E-state index in [9.17, 15) is 40.3 Å². The quantitative estimate of drug-likeness (QED) is 0.324. The standard InChI is InChI=1S/C15H15F3N4O6S2.C10H13F2N/c1-27-13-19-14(29-20-13)21-6-7-22(11(8-21)12(23)24)30(25,26)10-4-2-9(3-5-10)28-15(16,17)18;1-2-10(11,12)9-5-3-8(7-13)4-6-9/h2-5,11H,6-8H2,1H3,(H,23,24);3-6H,2,7,13H2,1H3/t11-;/m1./s1. The molecule has 18 heteroatoms. The minimum atomic E-state index is -4.92. The lowest BCUT2D eigenvalue weighted by Gasteiger charge is -2.38. The fraction of sp³-hybridized carbons (Fsp3) is 0.400. The van der Waals surface area contributed by atoms with Gasteiger partial charge in [0, 0.05) is 49.7 Å². The van der Waals surface area contributed by atoms with Gasteiger partial charge in [0.2, 0.25) is 15.2 Å². The molecule has 0 bridgehead atoms. The van der Waals surface area contributed by atoms with Crippen molar-refractivity contribution in [3.05, 3.63) is 59.7 Å². The Morgan fingerprint density at radius 1 is 1.09 bits per heavy atom. The molecule has 3 N–H and O–H groups in total. The highest BCUT2D eigenvalue weighted by Crippen LogP contribution is 2.31. The van der Waals surface area contributed by atoms with Crippen molar-refractivity contribution >= 4 is 32.7 Å². The minimum absolute atomic E-state index is 0.0622. The van der Waals surface area contributed by atoms with Gasteiger partial charge in [-0.15, -0.1) is 17.5 Å². The number of piperazine rings is 1. The lowest BCUT2D eigenvalue weighted by molar-refractivity contribution is -0.274. The minimum Gasteiger partial charge on any atom is -0.480 e. The number of carboxylic acids is 1. The summed E-state index contributed by atoms with van der Waals surface area (Å²) in [4.78, 5) is 17.1. The molecule has 3 aromatic rings. The number of halogens is 5. The molecule has 1 aliphatic heterocycles. The SMILES string of the molecule is CCC(F)(F)c1ccc(CN)cc1.COc1nsc(N2CCN(S(=O)(=O)c3ccc(OC(F)(F)F)cc3)[C@@H](C(=O)O)C2)n1. The van der Waals surface area contributed by atoms with Crippen LogP contribution < -0.4 is 20.1 Å². The predicted octanol–water partition coefficient (Wildman–Crippen LogP) is 4.06. The number of methoxy groups -OCH3 is 1. The Balaban J connectivity index is 0.000000326. The summed E-state index contributed by atoms with van der Waals surface area (Å²) in [6, 6.07) is 8.37. The van der Waals surface area contributed by atoms with Gasteiger partial charge in [-0.3, -0.25) is 4.79 Å². The van der Waals surface area contributed by atoms with Crippen molar-refractivity contribution in [1.82, 2.24) is 13.7 Å². The van der Waals surface area contributed by atoms with E-state index in [-0.39, 0.29) is 42.5 Å². The van der Waals surface area contributed by atoms with Crippen molar-refractivity contribution in [2.75, 3.05) is 31.6 Å². The third kappa shape index (κ3) is 8.71. The molecule has 0 unspecified atom stereocenters. The molecule has 2 heterocycles. The third-order valence-corrected chi connectivity index (χ3v) is 8.87. The molecule has 1 atom stereocenters. The van der Waals surface area contributed by atoms with E-state index >= 15 is 0 Å². The van der Waals surface area contributed by atoms with Crippen LogP contribution in [0, 0.1) is 0 Å². The first-order chi connectivity index (χ1) is 20.1. The van der Waals surface area contributed by atoms with Crippen LogP contribution in [0.25, 0.3) is 0 Å². The van der Waals surface area contributed by atoms with Gasteiger partial charge >= 0.3 is 18.3 Å². The maximum absolute atomic E-state index is 13.1. The number of aliphatic carboxylic acids is 1. The maximum Gasteiger partial charge on any atom is 0.573 e. The molecule has 0 saturated carbocycles. The number of rotatable bonds is 9. The molecular weight excluding hydrogens is 625 g/mol. The van der Waals surface area contributed by atoms with Crippen molar-refractivity contribution in [3.63, 3.8) is 0 Å². The Bertz CT molecular complexity index is 1470. The highest BCUT2D eigenvalue weighted by atomic mass is 32.2. The monoisotopic (exact) mass is 653 g/mol. The van der Waals surface area contributed by atoms with Gasteiger partial charge in [0.15, 0.2) is 0 Å². The van der Waals surface area contributed by atoms with Gasteiger partial charge in [-0.1, -0.05) is 31.2 Å². The lowest BCUT2D eigenvalue weighted by Crippen LogP contribution is -2.58. The molecule has 11 nitrogen and oxygen atoms in total. The van der Waals surface area contributed by atoms with Gasteiger partial charge in [-0.05, 0) is 29.8 Å². The second-order valence-electron chi connectivity index (χ2n) is 8.96. The fourth-order valence-electron chi connectivity index (χ4n) is 3.88. The molecular formula is C25H28F5N5O6S2. The summed E-state index contributed by atoms with van der Waals surface area (Å²) in [6.07, 6.45) is -5.09. The van der Waals surface area contributed by atoms with Crippen molar-refractivity contribution < 1.29 is 49.7 Å². The van der Waals surface area contributed by atoms with Crippen molar-refractivity contribution in [2.24, 2.45) is 5.73 Å². The average molecular weight is 654 g/mol. The number of hydrogen-bond donors (Lipinski definition) is 2. The Morgan fingerprint density at radius 2 is 1.72 bits per heavy atom. The van der Waals surface area contributed by atoms with Gasteiger partial charge in [-0.2, -0.15) is 9.29 Å². The van der Waals surface area contributed by atoms with E-state index < -0.39 is 40.1 Å². The number of benzene rings is 2. The summed E-state index contributed by atoms with van der Waals surface area (Å²) in [7, 11) is -2.91. The number of sulfonamides is 1. The van der Waals surface area contributed by atoms with E-state index in [1.807, 2.05) is 0 Å². The molecule has 1 saturated heterocycles. The highest BCUT2D eigenvalue weighted by Gasteiger charge is 2.41. The van der Waals surface area contributed by atoms with Crippen LogP contribution in [0.5, 0.6) is 11.8 Å².